The first kappa shape index (κ1) is 13.6. The lowest BCUT2D eigenvalue weighted by Crippen LogP contribution is -2.40. The van der Waals surface area contributed by atoms with Gasteiger partial charge in [-0.25, -0.2) is 0 Å². The third-order valence-electron chi connectivity index (χ3n) is 2.13. The first-order valence-electron chi connectivity index (χ1n) is 5.14. The van der Waals surface area contributed by atoms with Gasteiger partial charge < -0.3 is 20.4 Å². The molecule has 5 N–H and O–H groups in total. The molecule has 0 saturated heterocycles. The van der Waals surface area contributed by atoms with Gasteiger partial charge in [-0.15, -0.1) is 0 Å². The fourth-order valence-corrected chi connectivity index (χ4v) is 1.12. The summed E-state index contributed by atoms with van der Waals surface area (Å²) in [6.07, 6.45) is -3.17. The molecule has 0 aliphatic carbocycles. The number of hydrogen-bond acceptors (Lipinski definition) is 6. The highest BCUT2D eigenvalue weighted by atomic mass is 16.4. The molecule has 6 nitrogen and oxygen atoms in total. The Morgan fingerprint density at radius 2 is 1.82 bits per heavy atom. The Morgan fingerprint density at radius 3 is 2.41 bits per heavy atom. The van der Waals surface area contributed by atoms with Crippen LogP contribution < -0.4 is 5.43 Å². The predicted molar refractivity (Wildman–Crippen MR) is 63.7 cm³/mol. The van der Waals surface area contributed by atoms with E-state index in [2.05, 4.69) is 10.5 Å². The van der Waals surface area contributed by atoms with Crippen molar-refractivity contribution in [3.05, 3.63) is 30.3 Å². The molecule has 0 radical (unpaired) electrons. The number of aliphatic hydroxyl groups is 4. The highest BCUT2D eigenvalue weighted by Crippen LogP contribution is 2.04. The van der Waals surface area contributed by atoms with Crippen LogP contribution in [0.4, 0.5) is 5.69 Å². The molecule has 0 aliphatic heterocycles. The van der Waals surface area contributed by atoms with Crippen LogP contribution in [0.3, 0.4) is 0 Å². The number of rotatable bonds is 6. The lowest BCUT2D eigenvalue weighted by molar-refractivity contribution is -0.0541. The Bertz CT molecular complexity index is 345. The third-order valence-corrected chi connectivity index (χ3v) is 2.13. The Kier molecular flexibility index (Phi) is 5.58. The Labute approximate surface area is 98.8 Å². The zero-order valence-electron chi connectivity index (χ0n) is 9.14. The SMILES string of the molecule is OCC(O)C(O)C(O)/C=N/Nc1ccccc1. The van der Waals surface area contributed by atoms with E-state index in [0.717, 1.165) is 11.9 Å². The fraction of sp³-hybridized carbons (Fsp3) is 0.364. The molecule has 0 heterocycles. The first-order valence-corrected chi connectivity index (χ1v) is 5.14. The second kappa shape index (κ2) is 6.97. The van der Waals surface area contributed by atoms with E-state index in [1.165, 1.54) is 0 Å². The summed E-state index contributed by atoms with van der Waals surface area (Å²) in [5, 5.41) is 40.0. The molecule has 0 aliphatic rings. The van der Waals surface area contributed by atoms with E-state index < -0.39 is 24.9 Å². The van der Waals surface area contributed by atoms with E-state index in [1.54, 1.807) is 12.1 Å². The Balaban J connectivity index is 2.43. The van der Waals surface area contributed by atoms with Crippen LogP contribution >= 0.6 is 0 Å². The van der Waals surface area contributed by atoms with Crippen LogP contribution in [-0.2, 0) is 0 Å². The monoisotopic (exact) mass is 240 g/mol. The van der Waals surface area contributed by atoms with Gasteiger partial charge in [0, 0.05) is 0 Å². The summed E-state index contributed by atoms with van der Waals surface area (Å²) < 4.78 is 0. The van der Waals surface area contributed by atoms with Crippen molar-refractivity contribution < 1.29 is 20.4 Å². The molecule has 1 aromatic rings. The summed E-state index contributed by atoms with van der Waals surface area (Å²) in [6.45, 7) is -0.627. The van der Waals surface area contributed by atoms with Gasteiger partial charge in [0.15, 0.2) is 0 Å². The van der Waals surface area contributed by atoms with Crippen LogP contribution in [0, 0.1) is 0 Å². The molecule has 1 aromatic carbocycles. The highest BCUT2D eigenvalue weighted by Gasteiger charge is 2.22. The molecular formula is C11H16N2O4. The predicted octanol–water partition coefficient (Wildman–Crippen LogP) is -0.841. The summed E-state index contributed by atoms with van der Waals surface area (Å²) >= 11 is 0. The number of nitrogens with zero attached hydrogens (tertiary/aromatic N) is 1. The van der Waals surface area contributed by atoms with E-state index in [-0.39, 0.29) is 0 Å². The Morgan fingerprint density at radius 1 is 1.18 bits per heavy atom. The van der Waals surface area contributed by atoms with Gasteiger partial charge >= 0.3 is 0 Å². The van der Waals surface area contributed by atoms with E-state index in [0.29, 0.717) is 0 Å². The summed E-state index contributed by atoms with van der Waals surface area (Å²) in [7, 11) is 0. The van der Waals surface area contributed by atoms with Crippen LogP contribution in [0.25, 0.3) is 0 Å². The second-order valence-electron chi connectivity index (χ2n) is 3.49. The van der Waals surface area contributed by atoms with Gasteiger partial charge in [0.05, 0.1) is 18.5 Å². The first-order chi connectivity index (χ1) is 8.15. The van der Waals surface area contributed by atoms with Gasteiger partial charge in [0.1, 0.15) is 18.3 Å². The van der Waals surface area contributed by atoms with E-state index >= 15 is 0 Å². The number of anilines is 1. The minimum atomic E-state index is -1.47. The van der Waals surface area contributed by atoms with Crippen LogP contribution in [-0.4, -0.2) is 51.6 Å². The Hall–Kier alpha value is -1.47. The summed E-state index contributed by atoms with van der Waals surface area (Å²) in [6, 6.07) is 9.05. The molecule has 6 heteroatoms. The molecule has 94 valence electrons. The molecule has 1 rings (SSSR count). The molecule has 0 fully saturated rings. The molecular weight excluding hydrogens is 224 g/mol. The lowest BCUT2D eigenvalue weighted by atomic mass is 10.1. The standard InChI is InChI=1S/C11H16N2O4/c14-7-10(16)11(17)9(15)6-12-13-8-4-2-1-3-5-8/h1-6,9-11,13-17H,7H2/b12-6+. The van der Waals surface area contributed by atoms with Crippen molar-refractivity contribution in [1.29, 1.82) is 0 Å². The van der Waals surface area contributed by atoms with Gasteiger partial charge in [0.2, 0.25) is 0 Å². The van der Waals surface area contributed by atoms with Gasteiger partial charge in [-0.05, 0) is 12.1 Å². The quantitative estimate of drug-likeness (QED) is 0.329. The number of hydrogen-bond donors (Lipinski definition) is 5. The van der Waals surface area contributed by atoms with E-state index in [1.807, 2.05) is 18.2 Å². The van der Waals surface area contributed by atoms with Crippen molar-refractivity contribution in [3.8, 4) is 0 Å². The van der Waals surface area contributed by atoms with E-state index in [9.17, 15) is 10.2 Å². The fourth-order valence-electron chi connectivity index (χ4n) is 1.12. The molecule has 17 heavy (non-hydrogen) atoms. The molecule has 0 saturated carbocycles. The largest absolute Gasteiger partial charge is 0.394 e. The van der Waals surface area contributed by atoms with Crippen LogP contribution in [0.15, 0.2) is 35.4 Å². The smallest absolute Gasteiger partial charge is 0.119 e. The maximum Gasteiger partial charge on any atom is 0.119 e. The summed E-state index contributed by atoms with van der Waals surface area (Å²) in [4.78, 5) is 0. The van der Waals surface area contributed by atoms with Gasteiger partial charge in [0.25, 0.3) is 0 Å². The van der Waals surface area contributed by atoms with Gasteiger partial charge in [-0.1, -0.05) is 18.2 Å². The van der Waals surface area contributed by atoms with Crippen LogP contribution in [0.2, 0.25) is 0 Å². The molecule has 3 unspecified atom stereocenters. The minimum Gasteiger partial charge on any atom is -0.394 e. The molecule has 0 bridgehead atoms. The van der Waals surface area contributed by atoms with Crippen molar-refractivity contribution >= 4 is 11.9 Å². The van der Waals surface area contributed by atoms with E-state index in [4.69, 9.17) is 10.2 Å². The number of aliphatic hydroxyl groups excluding tert-OH is 4. The third kappa shape index (κ3) is 4.49. The lowest BCUT2D eigenvalue weighted by Gasteiger charge is -2.18. The molecule has 0 aromatic heterocycles. The van der Waals surface area contributed by atoms with Crippen LogP contribution in [0.5, 0.6) is 0 Å². The van der Waals surface area contributed by atoms with Crippen molar-refractivity contribution in [2.45, 2.75) is 18.3 Å². The maximum absolute atomic E-state index is 9.39. The molecule has 0 spiro atoms. The minimum absolute atomic E-state index is 0.627. The summed E-state index contributed by atoms with van der Waals surface area (Å²) in [5.74, 6) is 0. The van der Waals surface area contributed by atoms with Crippen molar-refractivity contribution in [2.24, 2.45) is 5.10 Å². The highest BCUT2D eigenvalue weighted by molar-refractivity contribution is 5.65. The average molecular weight is 240 g/mol. The summed E-state index contributed by atoms with van der Waals surface area (Å²) in [5.41, 5.74) is 3.37. The van der Waals surface area contributed by atoms with Gasteiger partial charge in [-0.3, -0.25) is 5.43 Å². The molecule has 0 amide bonds. The van der Waals surface area contributed by atoms with Crippen molar-refractivity contribution in [3.63, 3.8) is 0 Å². The number of nitrogens with one attached hydrogen (secondary N) is 1. The maximum atomic E-state index is 9.39. The number of para-hydroxylation sites is 1. The zero-order valence-corrected chi connectivity index (χ0v) is 9.14. The topological polar surface area (TPSA) is 105 Å². The number of benzene rings is 1. The number of hydrazone groups is 1. The average Bonchev–Trinajstić information content (AvgIpc) is 2.38. The zero-order chi connectivity index (χ0) is 12.7. The van der Waals surface area contributed by atoms with Crippen LogP contribution in [0.1, 0.15) is 0 Å². The van der Waals surface area contributed by atoms with Crippen molar-refractivity contribution in [2.75, 3.05) is 12.0 Å². The molecule has 3 atom stereocenters. The normalized spacial score (nSPS) is 16.7. The van der Waals surface area contributed by atoms with Crippen molar-refractivity contribution in [1.82, 2.24) is 0 Å². The van der Waals surface area contributed by atoms with Gasteiger partial charge in [-0.2, -0.15) is 5.10 Å². The second-order valence-corrected chi connectivity index (χ2v) is 3.49.